The van der Waals surface area contributed by atoms with Crippen molar-refractivity contribution >= 4 is 11.6 Å². The van der Waals surface area contributed by atoms with E-state index in [4.69, 9.17) is 0 Å². The highest BCUT2D eigenvalue weighted by molar-refractivity contribution is 5.58. The highest BCUT2D eigenvalue weighted by Crippen LogP contribution is 2.30. The Bertz CT molecular complexity index is 372. The zero-order valence-electron chi connectivity index (χ0n) is 11.0. The zero-order chi connectivity index (χ0) is 12.3. The van der Waals surface area contributed by atoms with Crippen molar-refractivity contribution in [2.24, 2.45) is 0 Å². The summed E-state index contributed by atoms with van der Waals surface area (Å²) in [6.45, 7) is 5.32. The average Bonchev–Trinajstić information content (AvgIpc) is 2.86. The fourth-order valence-corrected chi connectivity index (χ4v) is 2.78. The molecule has 0 radical (unpaired) electrons. The first-order valence-corrected chi connectivity index (χ1v) is 6.54. The van der Waals surface area contributed by atoms with Crippen molar-refractivity contribution in [2.45, 2.75) is 45.6 Å². The quantitative estimate of drug-likeness (QED) is 0.869. The van der Waals surface area contributed by atoms with Crippen molar-refractivity contribution in [1.29, 1.82) is 0 Å². The number of anilines is 2. The van der Waals surface area contributed by atoms with Crippen LogP contribution in [0.3, 0.4) is 0 Å². The molecule has 4 heteroatoms. The number of nitrogens with one attached hydrogen (secondary N) is 1. The Hall–Kier alpha value is -1.32. The summed E-state index contributed by atoms with van der Waals surface area (Å²) in [5, 5.41) is 3.13. The number of hydrogen-bond donors (Lipinski definition) is 1. The summed E-state index contributed by atoms with van der Waals surface area (Å²) in [4.78, 5) is 11.2. The van der Waals surface area contributed by atoms with Crippen LogP contribution >= 0.6 is 0 Å². The molecule has 0 atom stereocenters. The molecule has 1 fully saturated rings. The topological polar surface area (TPSA) is 41.1 Å². The van der Waals surface area contributed by atoms with Crippen LogP contribution in [-0.2, 0) is 0 Å². The van der Waals surface area contributed by atoms with Gasteiger partial charge in [-0.25, -0.2) is 9.97 Å². The van der Waals surface area contributed by atoms with E-state index in [-0.39, 0.29) is 0 Å². The molecule has 1 aliphatic carbocycles. The van der Waals surface area contributed by atoms with E-state index in [9.17, 15) is 0 Å². The third-order valence-electron chi connectivity index (χ3n) is 3.67. The molecule has 0 bridgehead atoms. The van der Waals surface area contributed by atoms with E-state index in [1.165, 1.54) is 25.7 Å². The second kappa shape index (κ2) is 5.34. The summed E-state index contributed by atoms with van der Waals surface area (Å²) in [5.74, 6) is 2.03. The van der Waals surface area contributed by atoms with Gasteiger partial charge in [-0.15, -0.1) is 0 Å². The lowest BCUT2D eigenvalue weighted by Gasteiger charge is -2.30. The summed E-state index contributed by atoms with van der Waals surface area (Å²) in [6.07, 6.45) is 6.96. The third-order valence-corrected chi connectivity index (χ3v) is 3.67. The van der Waals surface area contributed by atoms with Gasteiger partial charge in [0.2, 0.25) is 0 Å². The van der Waals surface area contributed by atoms with Crippen LogP contribution in [0.2, 0.25) is 0 Å². The molecule has 94 valence electrons. The molecule has 0 unspecified atom stereocenters. The molecule has 1 aromatic heterocycles. The van der Waals surface area contributed by atoms with Gasteiger partial charge in [-0.2, -0.15) is 0 Å². The van der Waals surface area contributed by atoms with E-state index in [0.717, 1.165) is 23.7 Å². The van der Waals surface area contributed by atoms with Crippen molar-refractivity contribution in [1.82, 2.24) is 9.97 Å². The Morgan fingerprint density at radius 3 is 2.65 bits per heavy atom. The predicted octanol–water partition coefficient (Wildman–Crippen LogP) is 2.60. The van der Waals surface area contributed by atoms with Gasteiger partial charge in [0.25, 0.3) is 0 Å². The van der Waals surface area contributed by atoms with Crippen molar-refractivity contribution in [3.8, 4) is 0 Å². The Balaban J connectivity index is 2.29. The lowest BCUT2D eigenvalue weighted by atomic mass is 10.2. The number of rotatable bonds is 4. The van der Waals surface area contributed by atoms with Gasteiger partial charge in [-0.3, -0.25) is 0 Å². The Kier molecular flexibility index (Phi) is 3.82. The van der Waals surface area contributed by atoms with Crippen LogP contribution in [-0.4, -0.2) is 29.6 Å². The Morgan fingerprint density at radius 2 is 2.06 bits per heavy atom. The van der Waals surface area contributed by atoms with Gasteiger partial charge in [0, 0.05) is 25.2 Å². The molecule has 4 nitrogen and oxygen atoms in total. The van der Waals surface area contributed by atoms with Crippen LogP contribution < -0.4 is 10.2 Å². The Morgan fingerprint density at radius 1 is 1.35 bits per heavy atom. The highest BCUT2D eigenvalue weighted by Gasteiger charge is 2.24. The maximum absolute atomic E-state index is 4.48. The molecule has 0 aliphatic heterocycles. The lowest BCUT2D eigenvalue weighted by molar-refractivity contribution is 0.611. The second-order valence-electron chi connectivity index (χ2n) is 4.65. The summed E-state index contributed by atoms with van der Waals surface area (Å²) in [6, 6.07) is 0.665. The van der Waals surface area contributed by atoms with E-state index in [1.807, 2.05) is 7.05 Å². The zero-order valence-corrected chi connectivity index (χ0v) is 11.0. The van der Waals surface area contributed by atoms with E-state index in [1.54, 1.807) is 6.33 Å². The van der Waals surface area contributed by atoms with E-state index in [0.29, 0.717) is 6.04 Å². The van der Waals surface area contributed by atoms with Crippen molar-refractivity contribution in [2.75, 3.05) is 23.8 Å². The molecule has 0 spiro atoms. The Labute approximate surface area is 103 Å². The maximum Gasteiger partial charge on any atom is 0.137 e. The first-order chi connectivity index (χ1) is 8.27. The minimum Gasteiger partial charge on any atom is -0.373 e. The lowest BCUT2D eigenvalue weighted by Crippen LogP contribution is -2.34. The monoisotopic (exact) mass is 234 g/mol. The van der Waals surface area contributed by atoms with Gasteiger partial charge >= 0.3 is 0 Å². The van der Waals surface area contributed by atoms with E-state index >= 15 is 0 Å². The highest BCUT2D eigenvalue weighted by atomic mass is 15.2. The SMILES string of the molecule is CCN(c1ncnc(NC)c1C)C1CCCC1. The van der Waals surface area contributed by atoms with Gasteiger partial charge in [0.05, 0.1) is 0 Å². The molecular formula is C13H22N4. The molecular weight excluding hydrogens is 212 g/mol. The molecule has 1 heterocycles. The molecule has 17 heavy (non-hydrogen) atoms. The minimum atomic E-state index is 0.665. The number of hydrogen-bond acceptors (Lipinski definition) is 4. The number of nitrogens with zero attached hydrogens (tertiary/aromatic N) is 3. The molecule has 0 aromatic carbocycles. The van der Waals surface area contributed by atoms with Crippen LogP contribution in [0.1, 0.15) is 38.2 Å². The molecule has 1 aromatic rings. The predicted molar refractivity (Wildman–Crippen MR) is 71.6 cm³/mol. The minimum absolute atomic E-state index is 0.665. The maximum atomic E-state index is 4.48. The molecule has 1 aliphatic rings. The number of aromatic nitrogens is 2. The van der Waals surface area contributed by atoms with Gasteiger partial charge in [-0.1, -0.05) is 12.8 Å². The molecule has 2 rings (SSSR count). The molecule has 0 saturated heterocycles. The summed E-state index contributed by atoms with van der Waals surface area (Å²) in [7, 11) is 1.91. The molecule has 0 amide bonds. The van der Waals surface area contributed by atoms with Crippen LogP contribution in [0.15, 0.2) is 6.33 Å². The second-order valence-corrected chi connectivity index (χ2v) is 4.65. The first kappa shape index (κ1) is 12.1. The van der Waals surface area contributed by atoms with Crippen LogP contribution in [0, 0.1) is 6.92 Å². The van der Waals surface area contributed by atoms with Gasteiger partial charge in [-0.05, 0) is 26.7 Å². The molecule has 1 N–H and O–H groups in total. The van der Waals surface area contributed by atoms with E-state index in [2.05, 4.69) is 34.0 Å². The van der Waals surface area contributed by atoms with E-state index < -0.39 is 0 Å². The third kappa shape index (κ3) is 2.35. The van der Waals surface area contributed by atoms with Crippen LogP contribution in [0.25, 0.3) is 0 Å². The van der Waals surface area contributed by atoms with Crippen molar-refractivity contribution in [3.63, 3.8) is 0 Å². The summed E-state index contributed by atoms with van der Waals surface area (Å²) >= 11 is 0. The van der Waals surface area contributed by atoms with Gasteiger partial charge in [0.15, 0.2) is 0 Å². The molecule has 1 saturated carbocycles. The fourth-order valence-electron chi connectivity index (χ4n) is 2.78. The average molecular weight is 234 g/mol. The first-order valence-electron chi connectivity index (χ1n) is 6.54. The van der Waals surface area contributed by atoms with Crippen molar-refractivity contribution in [3.05, 3.63) is 11.9 Å². The van der Waals surface area contributed by atoms with Crippen LogP contribution in [0.5, 0.6) is 0 Å². The fraction of sp³-hybridized carbons (Fsp3) is 0.692. The largest absolute Gasteiger partial charge is 0.373 e. The van der Waals surface area contributed by atoms with Crippen molar-refractivity contribution < 1.29 is 0 Å². The smallest absolute Gasteiger partial charge is 0.137 e. The standard InChI is InChI=1S/C13H22N4/c1-4-17(11-7-5-6-8-11)13-10(2)12(14-3)15-9-16-13/h9,11H,4-8H2,1-3H3,(H,14,15,16). The van der Waals surface area contributed by atoms with Gasteiger partial charge < -0.3 is 10.2 Å². The summed E-state index contributed by atoms with van der Waals surface area (Å²) in [5.41, 5.74) is 1.16. The summed E-state index contributed by atoms with van der Waals surface area (Å²) < 4.78 is 0. The van der Waals surface area contributed by atoms with Gasteiger partial charge in [0.1, 0.15) is 18.0 Å². The van der Waals surface area contributed by atoms with Crippen LogP contribution in [0.4, 0.5) is 11.6 Å². The normalized spacial score (nSPS) is 16.2.